The van der Waals surface area contributed by atoms with E-state index in [9.17, 15) is 14.4 Å². The van der Waals surface area contributed by atoms with Gasteiger partial charge >= 0.3 is 11.7 Å². The molecule has 0 radical (unpaired) electrons. The van der Waals surface area contributed by atoms with Crippen molar-refractivity contribution in [3.05, 3.63) is 99.1 Å². The lowest BCUT2D eigenvalue weighted by Crippen LogP contribution is -2.35. The van der Waals surface area contributed by atoms with Crippen LogP contribution in [0.5, 0.6) is 5.75 Å². The molecule has 0 unspecified atom stereocenters. The number of hydrogen-bond donors (Lipinski definition) is 1. The van der Waals surface area contributed by atoms with Gasteiger partial charge in [-0.3, -0.25) is 9.36 Å². The lowest BCUT2D eigenvalue weighted by atomic mass is 10.2. The highest BCUT2D eigenvalue weighted by Crippen LogP contribution is 2.16. The average Bonchev–Trinajstić information content (AvgIpc) is 3.26. The fourth-order valence-corrected chi connectivity index (χ4v) is 3.16. The summed E-state index contributed by atoms with van der Waals surface area (Å²) in [5, 5.41) is 0.428. The number of nitrogens with one attached hydrogen (secondary N) is 1. The van der Waals surface area contributed by atoms with Crippen molar-refractivity contribution < 1.29 is 18.7 Å². The highest BCUT2D eigenvalue weighted by Gasteiger charge is 2.17. The van der Waals surface area contributed by atoms with Gasteiger partial charge in [0.15, 0.2) is 0 Å². The van der Waals surface area contributed by atoms with Gasteiger partial charge in [0, 0.05) is 12.1 Å². The number of hydrogen-bond acceptors (Lipinski definition) is 6. The zero-order valence-corrected chi connectivity index (χ0v) is 16.6. The van der Waals surface area contributed by atoms with Gasteiger partial charge in [0.25, 0.3) is 5.56 Å². The number of H-pyrrole nitrogens is 1. The number of rotatable bonds is 8. The van der Waals surface area contributed by atoms with Crippen LogP contribution in [0, 0.1) is 0 Å². The lowest BCUT2D eigenvalue weighted by Gasteiger charge is -2.08. The molecule has 2 aromatic heterocycles. The van der Waals surface area contributed by atoms with Gasteiger partial charge in [0.2, 0.25) is 5.76 Å². The van der Waals surface area contributed by atoms with Crippen molar-refractivity contribution in [2.45, 2.75) is 19.6 Å². The highest BCUT2D eigenvalue weighted by molar-refractivity contribution is 5.87. The molecule has 0 aliphatic rings. The first kappa shape index (κ1) is 20.2. The van der Waals surface area contributed by atoms with Crippen molar-refractivity contribution in [1.82, 2.24) is 9.55 Å². The number of para-hydroxylation sites is 2. The Kier molecular flexibility index (Phi) is 5.98. The Labute approximate surface area is 176 Å². The van der Waals surface area contributed by atoms with Crippen LogP contribution in [0.15, 0.2) is 80.9 Å². The van der Waals surface area contributed by atoms with E-state index in [1.165, 1.54) is 6.26 Å². The summed E-state index contributed by atoms with van der Waals surface area (Å²) < 4.78 is 17.2. The third-order valence-corrected chi connectivity index (χ3v) is 4.72. The molecular weight excluding hydrogens is 400 g/mol. The quantitative estimate of drug-likeness (QED) is 0.347. The number of carbonyl (C=O) groups is 1. The maximum atomic E-state index is 12.5. The fourth-order valence-electron chi connectivity index (χ4n) is 3.16. The van der Waals surface area contributed by atoms with Crippen molar-refractivity contribution in [2.24, 2.45) is 0 Å². The molecule has 2 aromatic carbocycles. The first-order valence-corrected chi connectivity index (χ1v) is 9.76. The molecule has 4 aromatic rings. The minimum absolute atomic E-state index is 0.0250. The van der Waals surface area contributed by atoms with Crippen LogP contribution in [0.3, 0.4) is 0 Å². The Morgan fingerprint density at radius 2 is 1.77 bits per heavy atom. The molecular formula is C23H20N2O6. The molecule has 2 heterocycles. The van der Waals surface area contributed by atoms with Crippen LogP contribution in [0.2, 0.25) is 0 Å². The van der Waals surface area contributed by atoms with Gasteiger partial charge in [-0.1, -0.05) is 30.3 Å². The summed E-state index contributed by atoms with van der Waals surface area (Å²) in [7, 11) is 0. The summed E-state index contributed by atoms with van der Waals surface area (Å²) in [4.78, 5) is 39.7. The summed E-state index contributed by atoms with van der Waals surface area (Å²) in [6, 6.07) is 17.7. The third kappa shape index (κ3) is 4.58. The highest BCUT2D eigenvalue weighted by atomic mass is 16.5. The van der Waals surface area contributed by atoms with E-state index >= 15 is 0 Å². The molecule has 4 rings (SSSR count). The second kappa shape index (κ2) is 9.17. The van der Waals surface area contributed by atoms with E-state index in [1.807, 2.05) is 30.3 Å². The van der Waals surface area contributed by atoms with E-state index in [2.05, 4.69) is 4.98 Å². The van der Waals surface area contributed by atoms with Crippen LogP contribution < -0.4 is 16.0 Å². The van der Waals surface area contributed by atoms with E-state index < -0.39 is 11.7 Å². The van der Waals surface area contributed by atoms with Crippen molar-refractivity contribution >= 4 is 16.9 Å². The maximum Gasteiger partial charge on any atom is 0.374 e. The van der Waals surface area contributed by atoms with Crippen molar-refractivity contribution in [1.29, 1.82) is 0 Å². The minimum Gasteiger partial charge on any atom is -0.489 e. The first-order chi connectivity index (χ1) is 15.1. The molecule has 8 heteroatoms. The van der Waals surface area contributed by atoms with Crippen LogP contribution in [0.25, 0.3) is 10.9 Å². The van der Waals surface area contributed by atoms with E-state index in [0.717, 1.165) is 4.57 Å². The second-order valence-electron chi connectivity index (χ2n) is 6.80. The van der Waals surface area contributed by atoms with E-state index in [0.29, 0.717) is 28.6 Å². The van der Waals surface area contributed by atoms with Crippen LogP contribution in [0.1, 0.15) is 22.5 Å². The van der Waals surface area contributed by atoms with Crippen molar-refractivity contribution in [2.75, 3.05) is 6.61 Å². The molecule has 0 bridgehead atoms. The van der Waals surface area contributed by atoms with Crippen LogP contribution >= 0.6 is 0 Å². The zero-order valence-electron chi connectivity index (χ0n) is 16.6. The van der Waals surface area contributed by atoms with Gasteiger partial charge < -0.3 is 18.9 Å². The third-order valence-electron chi connectivity index (χ3n) is 4.72. The molecule has 158 valence electrons. The number of ether oxygens (including phenoxy) is 2. The van der Waals surface area contributed by atoms with Gasteiger partial charge in [-0.05, 0) is 36.8 Å². The molecule has 0 amide bonds. The monoisotopic (exact) mass is 420 g/mol. The number of carbonyl (C=O) groups excluding carboxylic acids is 1. The Morgan fingerprint density at radius 3 is 2.61 bits per heavy atom. The second-order valence-corrected chi connectivity index (χ2v) is 6.80. The van der Waals surface area contributed by atoms with Gasteiger partial charge in [0.05, 0.1) is 23.8 Å². The largest absolute Gasteiger partial charge is 0.489 e. The molecule has 0 aliphatic heterocycles. The molecule has 8 nitrogen and oxygen atoms in total. The number of esters is 1. The average molecular weight is 420 g/mol. The van der Waals surface area contributed by atoms with Crippen LogP contribution in [-0.2, 0) is 17.9 Å². The van der Waals surface area contributed by atoms with Gasteiger partial charge in [-0.2, -0.15) is 0 Å². The van der Waals surface area contributed by atoms with Crippen molar-refractivity contribution in [3.8, 4) is 5.75 Å². The van der Waals surface area contributed by atoms with Gasteiger partial charge in [-0.15, -0.1) is 0 Å². The molecule has 0 saturated carbocycles. The molecule has 0 saturated heterocycles. The van der Waals surface area contributed by atoms with E-state index in [4.69, 9.17) is 13.9 Å². The minimum atomic E-state index is -0.628. The van der Waals surface area contributed by atoms with Crippen LogP contribution in [0.4, 0.5) is 0 Å². The van der Waals surface area contributed by atoms with Gasteiger partial charge in [0.1, 0.15) is 12.4 Å². The number of furan rings is 1. The summed E-state index contributed by atoms with van der Waals surface area (Å²) in [6.07, 6.45) is 1.69. The number of aromatic nitrogens is 2. The SMILES string of the molecule is O=C(OCCCn1c(=O)[nH]c2ccccc2c1=O)c1occc1COc1ccccc1. The molecule has 0 atom stereocenters. The summed E-state index contributed by atoms with van der Waals surface area (Å²) >= 11 is 0. The topological polar surface area (TPSA) is 104 Å². The van der Waals surface area contributed by atoms with Crippen molar-refractivity contribution in [3.63, 3.8) is 0 Å². The van der Waals surface area contributed by atoms with E-state index in [1.54, 1.807) is 30.3 Å². The molecule has 0 fully saturated rings. The number of benzene rings is 2. The van der Waals surface area contributed by atoms with Gasteiger partial charge in [-0.25, -0.2) is 9.59 Å². The lowest BCUT2D eigenvalue weighted by molar-refractivity contribution is 0.0455. The predicted molar refractivity (Wildman–Crippen MR) is 113 cm³/mol. The van der Waals surface area contributed by atoms with E-state index in [-0.39, 0.29) is 31.1 Å². The Bertz CT molecular complexity index is 1300. The summed E-state index contributed by atoms with van der Waals surface area (Å²) in [5.74, 6) is 0.113. The first-order valence-electron chi connectivity index (χ1n) is 9.76. The standard InChI is InChI=1S/C23H20N2O6/c26-21-18-9-4-5-10-19(18)24-23(28)25(21)12-6-13-30-22(27)20-16(11-14-29-20)15-31-17-7-2-1-3-8-17/h1-5,7-11,14H,6,12-13,15H2,(H,24,28). The fraction of sp³-hybridized carbons (Fsp3) is 0.174. The number of aromatic amines is 1. The zero-order chi connectivity index (χ0) is 21.6. The molecule has 0 aliphatic carbocycles. The molecule has 31 heavy (non-hydrogen) atoms. The summed E-state index contributed by atoms with van der Waals surface area (Å²) in [6.45, 7) is 0.304. The molecule has 0 spiro atoms. The molecule has 1 N–H and O–H groups in total. The smallest absolute Gasteiger partial charge is 0.374 e. The maximum absolute atomic E-state index is 12.5. The Balaban J connectivity index is 1.33. The normalized spacial score (nSPS) is 10.8. The number of fused-ring (bicyclic) bond motifs is 1. The summed E-state index contributed by atoms with van der Waals surface area (Å²) in [5.41, 5.74) is 0.178. The Morgan fingerprint density at radius 1 is 1.00 bits per heavy atom. The number of nitrogens with zero attached hydrogens (tertiary/aromatic N) is 1. The Hall–Kier alpha value is -4.07. The predicted octanol–water partition coefficient (Wildman–Crippen LogP) is 3.11. The van der Waals surface area contributed by atoms with Crippen LogP contribution in [-0.4, -0.2) is 22.1 Å².